The number of carboxylic acids is 1. The Balaban J connectivity index is 1.88. The lowest BCUT2D eigenvalue weighted by Gasteiger charge is -2.41. The third-order valence-corrected chi connectivity index (χ3v) is 5.19. The number of nitrogens with one attached hydrogen (secondary N) is 1. The minimum atomic E-state index is -1.03. The predicted octanol–water partition coefficient (Wildman–Crippen LogP) is 2.62. The number of rotatable bonds is 4. The van der Waals surface area contributed by atoms with Crippen molar-refractivity contribution in [2.24, 2.45) is 0 Å². The summed E-state index contributed by atoms with van der Waals surface area (Å²) in [4.78, 5) is 24.4. The zero-order valence-electron chi connectivity index (χ0n) is 12.1. The van der Waals surface area contributed by atoms with E-state index in [-0.39, 0.29) is 5.91 Å². The molecule has 0 atom stereocenters. The second-order valence-corrected chi connectivity index (χ2v) is 6.35. The fourth-order valence-corrected chi connectivity index (χ4v) is 3.64. The van der Waals surface area contributed by atoms with Crippen molar-refractivity contribution in [1.82, 2.24) is 5.32 Å². The van der Waals surface area contributed by atoms with Crippen LogP contribution in [0.3, 0.4) is 0 Å². The monoisotopic (exact) mass is 287 g/mol. The summed E-state index contributed by atoms with van der Waals surface area (Å²) in [6.45, 7) is 0. The Hall–Kier alpha value is -1.84. The Morgan fingerprint density at radius 3 is 2.05 bits per heavy atom. The highest BCUT2D eigenvalue weighted by atomic mass is 16.4. The number of benzene rings is 1. The molecule has 2 aliphatic carbocycles. The van der Waals surface area contributed by atoms with Crippen molar-refractivity contribution in [2.45, 2.75) is 55.9 Å². The summed E-state index contributed by atoms with van der Waals surface area (Å²) in [5.41, 5.74) is -0.555. The SMILES string of the molecule is O=C(O)C1(NC(=O)C2(c3ccccc3)CCCC2)CCC1. The lowest BCUT2D eigenvalue weighted by Crippen LogP contribution is -2.62. The molecule has 2 aliphatic rings. The lowest BCUT2D eigenvalue weighted by atomic mass is 9.73. The molecule has 2 N–H and O–H groups in total. The highest BCUT2D eigenvalue weighted by molar-refractivity contribution is 5.94. The molecule has 4 heteroatoms. The van der Waals surface area contributed by atoms with Crippen LogP contribution in [0.5, 0.6) is 0 Å². The number of carbonyl (C=O) groups excluding carboxylic acids is 1. The number of hydrogen-bond acceptors (Lipinski definition) is 2. The first-order chi connectivity index (χ1) is 10.1. The molecule has 1 aromatic rings. The Kier molecular flexibility index (Phi) is 3.47. The summed E-state index contributed by atoms with van der Waals surface area (Å²) in [6, 6.07) is 9.80. The molecule has 0 aliphatic heterocycles. The minimum Gasteiger partial charge on any atom is -0.480 e. The molecule has 1 aromatic carbocycles. The molecule has 0 aromatic heterocycles. The number of carbonyl (C=O) groups is 2. The summed E-state index contributed by atoms with van der Waals surface area (Å²) >= 11 is 0. The second-order valence-electron chi connectivity index (χ2n) is 6.35. The van der Waals surface area contributed by atoms with Crippen LogP contribution >= 0.6 is 0 Å². The molecular formula is C17H21NO3. The fourth-order valence-electron chi connectivity index (χ4n) is 3.64. The highest BCUT2D eigenvalue weighted by Crippen LogP contribution is 2.43. The van der Waals surface area contributed by atoms with Gasteiger partial charge in [0.25, 0.3) is 0 Å². The smallest absolute Gasteiger partial charge is 0.329 e. The third-order valence-electron chi connectivity index (χ3n) is 5.19. The van der Waals surface area contributed by atoms with Gasteiger partial charge in [0.15, 0.2) is 0 Å². The van der Waals surface area contributed by atoms with Crippen LogP contribution in [0, 0.1) is 0 Å². The molecule has 4 nitrogen and oxygen atoms in total. The largest absolute Gasteiger partial charge is 0.480 e. The van der Waals surface area contributed by atoms with Crippen LogP contribution in [0.25, 0.3) is 0 Å². The molecule has 0 spiro atoms. The Labute approximate surface area is 124 Å². The number of aliphatic carboxylic acids is 1. The maximum atomic E-state index is 12.9. The van der Waals surface area contributed by atoms with Gasteiger partial charge in [-0.1, -0.05) is 43.2 Å². The standard InChI is InChI=1S/C17H21NO3/c19-14(18-17(15(20)21)11-6-12-17)16(9-4-5-10-16)13-7-2-1-3-8-13/h1-3,7-8H,4-6,9-12H2,(H,18,19)(H,20,21). The Bertz CT molecular complexity index is 542. The van der Waals surface area contributed by atoms with E-state index in [9.17, 15) is 14.7 Å². The van der Waals surface area contributed by atoms with Crippen molar-refractivity contribution >= 4 is 11.9 Å². The summed E-state index contributed by atoms with van der Waals surface area (Å²) < 4.78 is 0. The van der Waals surface area contributed by atoms with Gasteiger partial charge in [0.05, 0.1) is 5.41 Å². The van der Waals surface area contributed by atoms with Gasteiger partial charge in [-0.15, -0.1) is 0 Å². The summed E-state index contributed by atoms with van der Waals surface area (Å²) in [7, 11) is 0. The molecule has 0 unspecified atom stereocenters. The third kappa shape index (κ3) is 2.23. The first-order valence-corrected chi connectivity index (χ1v) is 7.71. The Morgan fingerprint density at radius 1 is 0.952 bits per heavy atom. The van der Waals surface area contributed by atoms with E-state index in [1.165, 1.54) is 0 Å². The van der Waals surface area contributed by atoms with Crippen molar-refractivity contribution in [2.75, 3.05) is 0 Å². The predicted molar refractivity (Wildman–Crippen MR) is 78.9 cm³/mol. The minimum absolute atomic E-state index is 0.103. The summed E-state index contributed by atoms with van der Waals surface area (Å²) in [5, 5.41) is 12.3. The maximum Gasteiger partial charge on any atom is 0.329 e. The van der Waals surface area contributed by atoms with Crippen LogP contribution in [0.2, 0.25) is 0 Å². The van der Waals surface area contributed by atoms with Gasteiger partial charge in [-0.3, -0.25) is 4.79 Å². The average molecular weight is 287 g/mol. The number of hydrogen-bond donors (Lipinski definition) is 2. The normalized spacial score (nSPS) is 22.3. The van der Waals surface area contributed by atoms with Gasteiger partial charge < -0.3 is 10.4 Å². The van der Waals surface area contributed by atoms with Crippen LogP contribution in [0.4, 0.5) is 0 Å². The van der Waals surface area contributed by atoms with Gasteiger partial charge in [0.2, 0.25) is 5.91 Å². The van der Waals surface area contributed by atoms with Gasteiger partial charge in [-0.2, -0.15) is 0 Å². The van der Waals surface area contributed by atoms with Crippen LogP contribution in [0.1, 0.15) is 50.5 Å². The van der Waals surface area contributed by atoms with Gasteiger partial charge in [-0.25, -0.2) is 4.79 Å². The van der Waals surface area contributed by atoms with Crippen LogP contribution in [-0.2, 0) is 15.0 Å². The first kappa shape index (κ1) is 14.1. The molecule has 0 heterocycles. The highest BCUT2D eigenvalue weighted by Gasteiger charge is 2.50. The molecule has 21 heavy (non-hydrogen) atoms. The van der Waals surface area contributed by atoms with Gasteiger partial charge in [0.1, 0.15) is 5.54 Å². The number of amides is 1. The quantitative estimate of drug-likeness (QED) is 0.894. The van der Waals surface area contributed by atoms with Crippen molar-refractivity contribution in [1.29, 1.82) is 0 Å². The fraction of sp³-hybridized carbons (Fsp3) is 0.529. The lowest BCUT2D eigenvalue weighted by molar-refractivity contribution is -0.152. The molecule has 2 saturated carbocycles. The van der Waals surface area contributed by atoms with Gasteiger partial charge >= 0.3 is 5.97 Å². The van der Waals surface area contributed by atoms with E-state index in [1.807, 2.05) is 30.3 Å². The summed E-state index contributed by atoms with van der Waals surface area (Å²) in [6.07, 6.45) is 5.59. The molecular weight excluding hydrogens is 266 g/mol. The molecule has 112 valence electrons. The maximum absolute atomic E-state index is 12.9. The van der Waals surface area contributed by atoms with Crippen LogP contribution in [-0.4, -0.2) is 22.5 Å². The van der Waals surface area contributed by atoms with E-state index < -0.39 is 16.9 Å². The van der Waals surface area contributed by atoms with Crippen molar-refractivity contribution in [3.63, 3.8) is 0 Å². The average Bonchev–Trinajstić information content (AvgIpc) is 2.94. The van der Waals surface area contributed by atoms with Crippen LogP contribution in [0.15, 0.2) is 30.3 Å². The van der Waals surface area contributed by atoms with Crippen LogP contribution < -0.4 is 5.32 Å². The Morgan fingerprint density at radius 2 is 1.57 bits per heavy atom. The van der Waals surface area contributed by atoms with E-state index >= 15 is 0 Å². The topological polar surface area (TPSA) is 66.4 Å². The van der Waals surface area contributed by atoms with Gasteiger partial charge in [0, 0.05) is 0 Å². The molecule has 3 rings (SSSR count). The molecule has 0 saturated heterocycles. The van der Waals surface area contributed by atoms with Crippen molar-refractivity contribution in [3.8, 4) is 0 Å². The zero-order chi connectivity index (χ0) is 14.9. The van der Waals surface area contributed by atoms with Gasteiger partial charge in [-0.05, 0) is 37.7 Å². The van der Waals surface area contributed by atoms with E-state index in [1.54, 1.807) is 0 Å². The molecule has 0 radical (unpaired) electrons. The van der Waals surface area contributed by atoms with E-state index in [0.29, 0.717) is 12.8 Å². The first-order valence-electron chi connectivity index (χ1n) is 7.71. The molecule has 1 amide bonds. The second kappa shape index (κ2) is 5.17. The number of carboxylic acid groups (broad SMARTS) is 1. The van der Waals surface area contributed by atoms with Crippen molar-refractivity contribution < 1.29 is 14.7 Å². The molecule has 0 bridgehead atoms. The zero-order valence-corrected chi connectivity index (χ0v) is 12.1. The van der Waals surface area contributed by atoms with E-state index in [0.717, 1.165) is 37.7 Å². The summed E-state index contributed by atoms with van der Waals surface area (Å²) in [5.74, 6) is -1.00. The van der Waals surface area contributed by atoms with E-state index in [4.69, 9.17) is 0 Å². The molecule has 2 fully saturated rings. The van der Waals surface area contributed by atoms with E-state index in [2.05, 4.69) is 5.32 Å². The van der Waals surface area contributed by atoms with Crippen molar-refractivity contribution in [3.05, 3.63) is 35.9 Å².